The first kappa shape index (κ1) is 24.5. The zero-order chi connectivity index (χ0) is 20.4. The fourth-order valence-electron chi connectivity index (χ4n) is 3.99. The summed E-state index contributed by atoms with van der Waals surface area (Å²) in [5.41, 5.74) is 0. The van der Waals surface area contributed by atoms with Crippen molar-refractivity contribution in [3.05, 3.63) is 23.7 Å². The Hall–Kier alpha value is -0.810. The van der Waals surface area contributed by atoms with Gasteiger partial charge in [0.1, 0.15) is 11.5 Å². The van der Waals surface area contributed by atoms with Crippen LogP contribution in [-0.4, -0.2) is 73.9 Å². The summed E-state index contributed by atoms with van der Waals surface area (Å²) in [5, 5.41) is 3.35. The Morgan fingerprint density at radius 1 is 1.28 bits per heavy atom. The van der Waals surface area contributed by atoms with E-state index in [4.69, 9.17) is 9.41 Å². The Kier molecular flexibility index (Phi) is 8.43. The van der Waals surface area contributed by atoms with Crippen LogP contribution in [0.2, 0.25) is 0 Å². The number of halogens is 1. The average molecular weight is 538 g/mol. The molecule has 0 bridgehead atoms. The van der Waals surface area contributed by atoms with E-state index >= 15 is 0 Å². The molecule has 29 heavy (non-hydrogen) atoms. The van der Waals surface area contributed by atoms with Gasteiger partial charge in [0.2, 0.25) is 0 Å². The number of hydrogen-bond donors (Lipinski definition) is 1. The number of aliphatic imine (C=N–C) groups is 1. The number of furan rings is 1. The fourth-order valence-corrected chi connectivity index (χ4v) is 5.36. The number of aryl methyl sites for hydroxylation is 1. The molecule has 0 aromatic carbocycles. The normalized spacial score (nSPS) is 22.9. The molecule has 0 amide bonds. The third kappa shape index (κ3) is 5.66. The van der Waals surface area contributed by atoms with Crippen molar-refractivity contribution in [2.75, 3.05) is 45.0 Å². The van der Waals surface area contributed by atoms with Crippen molar-refractivity contribution in [3.8, 4) is 0 Å². The number of rotatable bonds is 5. The number of guanidine groups is 1. The Morgan fingerprint density at radius 3 is 2.52 bits per heavy atom. The molecular formula is C20H35IN4O3S. The molecule has 3 heterocycles. The Bertz CT molecular complexity index is 800. The number of sulfone groups is 1. The van der Waals surface area contributed by atoms with Gasteiger partial charge in [0, 0.05) is 19.6 Å². The number of hydrogen-bond acceptors (Lipinski definition) is 5. The molecule has 1 N–H and O–H groups in total. The van der Waals surface area contributed by atoms with Gasteiger partial charge < -0.3 is 14.6 Å². The zero-order valence-corrected chi connectivity index (χ0v) is 21.1. The van der Waals surface area contributed by atoms with Crippen LogP contribution in [0.4, 0.5) is 0 Å². The average Bonchev–Trinajstić information content (AvgIpc) is 3.29. The van der Waals surface area contributed by atoms with Crippen molar-refractivity contribution in [2.24, 2.45) is 4.99 Å². The maximum atomic E-state index is 12.4. The maximum Gasteiger partial charge on any atom is 0.194 e. The van der Waals surface area contributed by atoms with Crippen molar-refractivity contribution < 1.29 is 12.8 Å². The summed E-state index contributed by atoms with van der Waals surface area (Å²) in [6.45, 7) is 12.0. The Balaban J connectivity index is 0.00000300. The molecule has 7 nitrogen and oxygen atoms in total. The smallest absolute Gasteiger partial charge is 0.194 e. The Labute approximate surface area is 192 Å². The van der Waals surface area contributed by atoms with E-state index in [9.17, 15) is 8.42 Å². The summed E-state index contributed by atoms with van der Waals surface area (Å²) >= 11 is 0. The van der Waals surface area contributed by atoms with E-state index in [1.807, 2.05) is 19.9 Å². The molecule has 166 valence electrons. The van der Waals surface area contributed by atoms with Crippen molar-refractivity contribution in [3.63, 3.8) is 0 Å². The molecule has 2 fully saturated rings. The van der Waals surface area contributed by atoms with Gasteiger partial charge in [-0.2, -0.15) is 0 Å². The predicted molar refractivity (Wildman–Crippen MR) is 128 cm³/mol. The highest BCUT2D eigenvalue weighted by atomic mass is 127. The van der Waals surface area contributed by atoms with Gasteiger partial charge in [-0.25, -0.2) is 8.42 Å². The minimum Gasteiger partial charge on any atom is -0.465 e. The number of nitrogens with zero attached hydrogens (tertiary/aromatic N) is 3. The van der Waals surface area contributed by atoms with E-state index in [2.05, 4.69) is 21.2 Å². The van der Waals surface area contributed by atoms with Gasteiger partial charge in [0.25, 0.3) is 0 Å². The summed E-state index contributed by atoms with van der Waals surface area (Å²) in [4.78, 5) is 9.44. The SMILES string of the molecule is CCNC(=NCC(c1ccc(C)o1)N1CCCC1)N1CCS(=O)(=O)C(C)(C)C1.I. The van der Waals surface area contributed by atoms with E-state index in [1.54, 1.807) is 13.8 Å². The first-order chi connectivity index (χ1) is 13.2. The van der Waals surface area contributed by atoms with Crippen LogP contribution in [0, 0.1) is 6.92 Å². The van der Waals surface area contributed by atoms with Crippen molar-refractivity contribution in [2.45, 2.75) is 51.3 Å². The summed E-state index contributed by atoms with van der Waals surface area (Å²) in [6, 6.07) is 4.18. The molecule has 0 aliphatic carbocycles. The van der Waals surface area contributed by atoms with Gasteiger partial charge in [0.15, 0.2) is 15.8 Å². The molecule has 1 aromatic heterocycles. The first-order valence-electron chi connectivity index (χ1n) is 10.3. The highest BCUT2D eigenvalue weighted by molar-refractivity contribution is 14.0. The maximum absolute atomic E-state index is 12.4. The van der Waals surface area contributed by atoms with Crippen molar-refractivity contribution >= 4 is 39.8 Å². The van der Waals surface area contributed by atoms with Gasteiger partial charge in [-0.05, 0) is 65.8 Å². The largest absolute Gasteiger partial charge is 0.465 e. The highest BCUT2D eigenvalue weighted by Crippen LogP contribution is 2.28. The van der Waals surface area contributed by atoms with E-state index < -0.39 is 14.6 Å². The summed E-state index contributed by atoms with van der Waals surface area (Å²) < 4.78 is 29.9. The summed E-state index contributed by atoms with van der Waals surface area (Å²) in [6.07, 6.45) is 2.41. The molecule has 0 spiro atoms. The Morgan fingerprint density at radius 2 is 1.97 bits per heavy atom. The second kappa shape index (κ2) is 10.00. The van der Waals surface area contributed by atoms with Crippen LogP contribution in [0.5, 0.6) is 0 Å². The van der Waals surface area contributed by atoms with Crippen molar-refractivity contribution in [1.29, 1.82) is 0 Å². The predicted octanol–water partition coefficient (Wildman–Crippen LogP) is 2.82. The molecule has 0 radical (unpaired) electrons. The van der Waals surface area contributed by atoms with Gasteiger partial charge in [-0.15, -0.1) is 24.0 Å². The molecule has 1 atom stereocenters. The number of likely N-dealkylation sites (tertiary alicyclic amines) is 1. The van der Waals surface area contributed by atoms with Crippen LogP contribution >= 0.6 is 24.0 Å². The molecule has 1 aromatic rings. The van der Waals surface area contributed by atoms with E-state index in [-0.39, 0.29) is 35.8 Å². The van der Waals surface area contributed by atoms with Crippen LogP contribution in [0.15, 0.2) is 21.5 Å². The van der Waals surface area contributed by atoms with Crippen LogP contribution < -0.4 is 5.32 Å². The van der Waals surface area contributed by atoms with Gasteiger partial charge in [-0.3, -0.25) is 9.89 Å². The monoisotopic (exact) mass is 538 g/mol. The molecule has 2 aliphatic heterocycles. The topological polar surface area (TPSA) is 78.2 Å². The molecule has 3 rings (SSSR count). The molecule has 2 saturated heterocycles. The lowest BCUT2D eigenvalue weighted by atomic mass is 10.2. The zero-order valence-electron chi connectivity index (χ0n) is 18.0. The molecule has 1 unspecified atom stereocenters. The third-order valence-corrected chi connectivity index (χ3v) is 8.30. The lowest BCUT2D eigenvalue weighted by Gasteiger charge is -2.39. The van der Waals surface area contributed by atoms with Crippen LogP contribution in [0.3, 0.4) is 0 Å². The minimum absolute atomic E-state index is 0. The van der Waals surface area contributed by atoms with Gasteiger partial charge >= 0.3 is 0 Å². The lowest BCUT2D eigenvalue weighted by Crippen LogP contribution is -2.57. The van der Waals surface area contributed by atoms with E-state index in [1.165, 1.54) is 12.8 Å². The van der Waals surface area contributed by atoms with Crippen LogP contribution in [0.25, 0.3) is 0 Å². The highest BCUT2D eigenvalue weighted by Gasteiger charge is 2.41. The number of nitrogens with one attached hydrogen (secondary N) is 1. The molecule has 9 heteroatoms. The lowest BCUT2D eigenvalue weighted by molar-refractivity contribution is 0.218. The van der Waals surface area contributed by atoms with E-state index in [0.29, 0.717) is 19.6 Å². The second-order valence-electron chi connectivity index (χ2n) is 8.40. The van der Waals surface area contributed by atoms with Crippen LogP contribution in [0.1, 0.15) is 51.2 Å². The summed E-state index contributed by atoms with van der Waals surface area (Å²) in [5.74, 6) is 2.83. The second-order valence-corrected chi connectivity index (χ2v) is 11.1. The molecular weight excluding hydrogens is 503 g/mol. The van der Waals surface area contributed by atoms with Crippen molar-refractivity contribution in [1.82, 2.24) is 15.1 Å². The molecule has 2 aliphatic rings. The summed E-state index contributed by atoms with van der Waals surface area (Å²) in [7, 11) is -3.07. The first-order valence-corrected chi connectivity index (χ1v) is 11.9. The minimum atomic E-state index is -3.07. The van der Waals surface area contributed by atoms with Crippen LogP contribution in [-0.2, 0) is 9.84 Å². The standard InChI is InChI=1S/C20H34N4O3S.HI/c1-5-21-19(24-12-13-28(25,26)20(3,4)15-24)22-14-17(23-10-6-7-11-23)18-9-8-16(2)27-18;/h8-9,17H,5-7,10-15H2,1-4H3,(H,21,22);1H. The van der Waals surface area contributed by atoms with Gasteiger partial charge in [0.05, 0.1) is 23.1 Å². The van der Waals surface area contributed by atoms with E-state index in [0.717, 1.165) is 37.1 Å². The molecule has 0 saturated carbocycles. The quantitative estimate of drug-likeness (QED) is 0.353. The fraction of sp³-hybridized carbons (Fsp3) is 0.750. The third-order valence-electron chi connectivity index (χ3n) is 5.76. The van der Waals surface area contributed by atoms with Gasteiger partial charge in [-0.1, -0.05) is 0 Å².